The molecular formula is C11H20N2O2. The molecule has 0 aromatic rings. The Hall–Kier alpha value is -0.610. The van der Waals surface area contributed by atoms with Gasteiger partial charge in [0.25, 0.3) is 0 Å². The molecule has 2 rings (SSSR count). The molecule has 2 aliphatic rings. The number of ether oxygens (including phenoxy) is 1. The molecule has 0 spiro atoms. The molecular weight excluding hydrogens is 192 g/mol. The van der Waals surface area contributed by atoms with Gasteiger partial charge in [-0.3, -0.25) is 4.79 Å². The van der Waals surface area contributed by atoms with Gasteiger partial charge in [-0.1, -0.05) is 0 Å². The maximum absolute atomic E-state index is 11.8. The third-order valence-electron chi connectivity index (χ3n) is 3.31. The van der Waals surface area contributed by atoms with Gasteiger partial charge in [0.1, 0.15) is 6.10 Å². The molecule has 0 aromatic heterocycles. The van der Waals surface area contributed by atoms with Crippen LogP contribution in [0.5, 0.6) is 0 Å². The Labute approximate surface area is 90.8 Å². The second-order valence-corrected chi connectivity index (χ2v) is 4.50. The van der Waals surface area contributed by atoms with Gasteiger partial charge in [0.15, 0.2) is 0 Å². The first-order chi connectivity index (χ1) is 7.27. The number of nitrogens with one attached hydrogen (secondary N) is 2. The van der Waals surface area contributed by atoms with E-state index in [-0.39, 0.29) is 18.1 Å². The van der Waals surface area contributed by atoms with E-state index in [0.717, 1.165) is 38.8 Å². The van der Waals surface area contributed by atoms with Crippen LogP contribution in [0.2, 0.25) is 0 Å². The Balaban J connectivity index is 1.81. The van der Waals surface area contributed by atoms with E-state index in [1.807, 2.05) is 0 Å². The fourth-order valence-corrected chi connectivity index (χ4v) is 2.30. The van der Waals surface area contributed by atoms with Crippen LogP contribution >= 0.6 is 0 Å². The highest BCUT2D eigenvalue weighted by molar-refractivity contribution is 5.81. The molecule has 4 heteroatoms. The molecule has 86 valence electrons. The fraction of sp³-hybridized carbons (Fsp3) is 0.909. The number of hydrogen-bond donors (Lipinski definition) is 2. The number of carbonyl (C=O) groups excluding carboxylic acids is 1. The van der Waals surface area contributed by atoms with Crippen LogP contribution in [0.25, 0.3) is 0 Å². The van der Waals surface area contributed by atoms with Gasteiger partial charge < -0.3 is 15.4 Å². The average molecular weight is 212 g/mol. The third-order valence-corrected chi connectivity index (χ3v) is 3.31. The molecule has 2 unspecified atom stereocenters. The first-order valence-corrected chi connectivity index (χ1v) is 5.93. The monoisotopic (exact) mass is 212 g/mol. The lowest BCUT2D eigenvalue weighted by molar-refractivity contribution is -0.131. The Morgan fingerprint density at radius 2 is 2.27 bits per heavy atom. The van der Waals surface area contributed by atoms with Gasteiger partial charge in [0.2, 0.25) is 5.91 Å². The van der Waals surface area contributed by atoms with Crippen LogP contribution in [0.15, 0.2) is 0 Å². The molecule has 2 N–H and O–H groups in total. The first kappa shape index (κ1) is 10.9. The van der Waals surface area contributed by atoms with Gasteiger partial charge in [0.05, 0.1) is 0 Å². The highest BCUT2D eigenvalue weighted by Gasteiger charge is 2.28. The molecule has 0 bridgehead atoms. The molecule has 1 amide bonds. The number of amides is 1. The van der Waals surface area contributed by atoms with Crippen molar-refractivity contribution in [3.8, 4) is 0 Å². The van der Waals surface area contributed by atoms with E-state index in [2.05, 4.69) is 17.6 Å². The maximum atomic E-state index is 11.8. The summed E-state index contributed by atoms with van der Waals surface area (Å²) in [6, 6.07) is 0.652. The van der Waals surface area contributed by atoms with E-state index < -0.39 is 0 Å². The summed E-state index contributed by atoms with van der Waals surface area (Å²) in [6.45, 7) is 3.92. The van der Waals surface area contributed by atoms with E-state index >= 15 is 0 Å². The van der Waals surface area contributed by atoms with E-state index in [0.29, 0.717) is 6.04 Å². The van der Waals surface area contributed by atoms with Crippen LogP contribution in [0.4, 0.5) is 0 Å². The lowest BCUT2D eigenvalue weighted by Gasteiger charge is -2.31. The number of piperidine rings is 1. The summed E-state index contributed by atoms with van der Waals surface area (Å²) in [4.78, 5) is 11.8. The number of carbonyl (C=O) groups is 1. The van der Waals surface area contributed by atoms with Gasteiger partial charge in [-0.05, 0) is 39.2 Å². The first-order valence-electron chi connectivity index (χ1n) is 5.93. The largest absolute Gasteiger partial charge is 0.368 e. The zero-order valence-electron chi connectivity index (χ0n) is 9.29. The molecule has 0 saturated carbocycles. The summed E-state index contributed by atoms with van der Waals surface area (Å²) in [5.74, 6) is 0.0769. The Bertz CT molecular complexity index is 227. The van der Waals surface area contributed by atoms with E-state index in [9.17, 15) is 4.79 Å². The second kappa shape index (κ2) is 4.94. The van der Waals surface area contributed by atoms with Gasteiger partial charge in [-0.2, -0.15) is 0 Å². The lowest BCUT2D eigenvalue weighted by Crippen LogP contribution is -2.53. The van der Waals surface area contributed by atoms with Gasteiger partial charge in [0, 0.05) is 18.7 Å². The molecule has 15 heavy (non-hydrogen) atoms. The lowest BCUT2D eigenvalue weighted by atomic mass is 9.99. The van der Waals surface area contributed by atoms with E-state index in [1.165, 1.54) is 0 Å². The number of hydrogen-bond acceptors (Lipinski definition) is 3. The Morgan fingerprint density at radius 1 is 1.40 bits per heavy atom. The summed E-state index contributed by atoms with van der Waals surface area (Å²) in [6.07, 6.45) is 3.91. The minimum Gasteiger partial charge on any atom is -0.368 e. The molecule has 2 aliphatic heterocycles. The zero-order chi connectivity index (χ0) is 10.7. The van der Waals surface area contributed by atoms with Crippen molar-refractivity contribution in [2.45, 2.75) is 50.8 Å². The number of rotatable bonds is 2. The zero-order valence-corrected chi connectivity index (χ0v) is 9.29. The maximum Gasteiger partial charge on any atom is 0.249 e. The fourth-order valence-electron chi connectivity index (χ4n) is 2.30. The standard InChI is InChI=1S/C11H20N2O2/c1-8-9(4-2-6-12-8)13-11(14)10-5-3-7-15-10/h8-10,12H,2-7H2,1H3,(H,13,14)/t8?,9?,10-/m0/s1. The van der Waals surface area contributed by atoms with Crippen molar-refractivity contribution in [2.75, 3.05) is 13.2 Å². The second-order valence-electron chi connectivity index (χ2n) is 4.50. The summed E-state index contributed by atoms with van der Waals surface area (Å²) >= 11 is 0. The summed E-state index contributed by atoms with van der Waals surface area (Å²) in [5, 5.41) is 6.46. The topological polar surface area (TPSA) is 50.4 Å². The van der Waals surface area contributed by atoms with Crippen LogP contribution in [0, 0.1) is 0 Å². The van der Waals surface area contributed by atoms with Crippen LogP contribution < -0.4 is 10.6 Å². The molecule has 2 saturated heterocycles. The Morgan fingerprint density at radius 3 is 2.93 bits per heavy atom. The van der Waals surface area contributed by atoms with Gasteiger partial charge in [-0.25, -0.2) is 0 Å². The van der Waals surface area contributed by atoms with Crippen LogP contribution in [-0.2, 0) is 9.53 Å². The van der Waals surface area contributed by atoms with Crippen molar-refractivity contribution < 1.29 is 9.53 Å². The van der Waals surface area contributed by atoms with E-state index in [4.69, 9.17) is 4.74 Å². The molecule has 3 atom stereocenters. The highest BCUT2D eigenvalue weighted by Crippen LogP contribution is 2.14. The molecule has 0 radical (unpaired) electrons. The predicted molar refractivity (Wildman–Crippen MR) is 57.6 cm³/mol. The molecule has 2 heterocycles. The molecule has 2 fully saturated rings. The van der Waals surface area contributed by atoms with Crippen molar-refractivity contribution in [1.29, 1.82) is 0 Å². The average Bonchev–Trinajstić information content (AvgIpc) is 2.74. The van der Waals surface area contributed by atoms with Crippen molar-refractivity contribution in [2.24, 2.45) is 0 Å². The van der Waals surface area contributed by atoms with Crippen LogP contribution in [0.1, 0.15) is 32.6 Å². The highest BCUT2D eigenvalue weighted by atomic mass is 16.5. The molecule has 4 nitrogen and oxygen atoms in total. The van der Waals surface area contributed by atoms with Crippen LogP contribution in [-0.4, -0.2) is 37.2 Å². The Kier molecular flexibility index (Phi) is 3.59. The normalized spacial score (nSPS) is 36.5. The SMILES string of the molecule is CC1NCCCC1NC(=O)[C@@H]1CCCO1. The van der Waals surface area contributed by atoms with Gasteiger partial charge >= 0.3 is 0 Å². The van der Waals surface area contributed by atoms with Crippen molar-refractivity contribution in [3.63, 3.8) is 0 Å². The third kappa shape index (κ3) is 2.69. The smallest absolute Gasteiger partial charge is 0.249 e. The summed E-state index contributed by atoms with van der Waals surface area (Å²) < 4.78 is 5.36. The van der Waals surface area contributed by atoms with Crippen molar-refractivity contribution in [3.05, 3.63) is 0 Å². The van der Waals surface area contributed by atoms with E-state index in [1.54, 1.807) is 0 Å². The quantitative estimate of drug-likeness (QED) is 0.697. The van der Waals surface area contributed by atoms with Gasteiger partial charge in [-0.15, -0.1) is 0 Å². The minimum absolute atomic E-state index is 0.0769. The van der Waals surface area contributed by atoms with Crippen molar-refractivity contribution >= 4 is 5.91 Å². The van der Waals surface area contributed by atoms with Crippen molar-refractivity contribution in [1.82, 2.24) is 10.6 Å². The summed E-state index contributed by atoms with van der Waals surface area (Å²) in [5.41, 5.74) is 0. The summed E-state index contributed by atoms with van der Waals surface area (Å²) in [7, 11) is 0. The molecule has 0 aromatic carbocycles. The predicted octanol–water partition coefficient (Wildman–Crippen LogP) is 0.422. The minimum atomic E-state index is -0.195. The molecule has 0 aliphatic carbocycles. The van der Waals surface area contributed by atoms with Crippen LogP contribution in [0.3, 0.4) is 0 Å².